The first-order chi connectivity index (χ1) is 14.5. The van der Waals surface area contributed by atoms with Crippen molar-refractivity contribution < 1.29 is 19.1 Å². The summed E-state index contributed by atoms with van der Waals surface area (Å²) >= 11 is 0. The fraction of sp³-hybridized carbons (Fsp3) is 0.875. The highest BCUT2D eigenvalue weighted by molar-refractivity contribution is 5.84. The number of hydrogen-bond acceptors (Lipinski definition) is 4. The molecule has 2 amide bonds. The Kier molecular flexibility index (Phi) is 6.69. The summed E-state index contributed by atoms with van der Waals surface area (Å²) in [7, 11) is 0. The van der Waals surface area contributed by atoms with Gasteiger partial charge in [-0.15, -0.1) is 0 Å². The molecule has 0 unspecified atom stereocenters. The molecule has 0 saturated heterocycles. The average molecular weight is 419 g/mol. The standard InChI is InChI=1S/C24H38N2O4/c1-2-26(20-6-4-3-5-7-20)22(28)16-30-23(29)15-25-21(27)14-24-11-17-8-18(12-24)10-19(9-17)13-24/h17-20H,2-16H2,1H3,(H,25,27). The number of carbonyl (C=O) groups is 3. The summed E-state index contributed by atoms with van der Waals surface area (Å²) in [6.07, 6.45) is 13.8. The Morgan fingerprint density at radius 1 is 0.967 bits per heavy atom. The van der Waals surface area contributed by atoms with Gasteiger partial charge < -0.3 is 15.0 Å². The zero-order chi connectivity index (χ0) is 21.1. The second kappa shape index (κ2) is 9.27. The second-order valence-corrected chi connectivity index (χ2v) is 10.5. The zero-order valence-corrected chi connectivity index (χ0v) is 18.5. The van der Waals surface area contributed by atoms with Gasteiger partial charge in [-0.25, -0.2) is 0 Å². The van der Waals surface area contributed by atoms with Crippen LogP contribution in [0.15, 0.2) is 0 Å². The van der Waals surface area contributed by atoms with Crippen LogP contribution in [0.5, 0.6) is 0 Å². The normalized spacial score (nSPS) is 32.6. The molecule has 0 aromatic rings. The van der Waals surface area contributed by atoms with Gasteiger partial charge in [-0.05, 0) is 81.5 Å². The van der Waals surface area contributed by atoms with Gasteiger partial charge in [0.2, 0.25) is 5.91 Å². The number of nitrogens with one attached hydrogen (secondary N) is 1. The molecule has 1 N–H and O–H groups in total. The largest absolute Gasteiger partial charge is 0.454 e. The van der Waals surface area contributed by atoms with Crippen molar-refractivity contribution in [3.05, 3.63) is 0 Å². The predicted octanol–water partition coefficient (Wildman–Crippen LogP) is 3.43. The highest BCUT2D eigenvalue weighted by Gasteiger charge is 2.51. The Bertz CT molecular complexity index is 620. The lowest BCUT2D eigenvalue weighted by molar-refractivity contribution is -0.153. The van der Waals surface area contributed by atoms with Gasteiger partial charge in [-0.2, -0.15) is 0 Å². The minimum Gasteiger partial charge on any atom is -0.454 e. The molecule has 0 radical (unpaired) electrons. The van der Waals surface area contributed by atoms with Gasteiger partial charge in [0.05, 0.1) is 0 Å². The summed E-state index contributed by atoms with van der Waals surface area (Å²) in [5, 5.41) is 2.75. The lowest BCUT2D eigenvalue weighted by Crippen LogP contribution is -2.48. The minimum absolute atomic E-state index is 0.0439. The molecule has 6 nitrogen and oxygen atoms in total. The second-order valence-electron chi connectivity index (χ2n) is 10.5. The third-order valence-electron chi connectivity index (χ3n) is 8.16. The van der Waals surface area contributed by atoms with E-state index in [1.54, 1.807) is 0 Å². The van der Waals surface area contributed by atoms with Crippen LogP contribution >= 0.6 is 0 Å². The van der Waals surface area contributed by atoms with Crippen molar-refractivity contribution in [3.8, 4) is 0 Å². The molecule has 0 atom stereocenters. The van der Waals surface area contributed by atoms with Crippen molar-refractivity contribution in [2.24, 2.45) is 23.2 Å². The summed E-state index contributed by atoms with van der Waals surface area (Å²) in [4.78, 5) is 39.0. The third-order valence-corrected chi connectivity index (χ3v) is 8.16. The van der Waals surface area contributed by atoms with Gasteiger partial charge in [0.1, 0.15) is 6.54 Å². The van der Waals surface area contributed by atoms with Crippen molar-refractivity contribution in [2.45, 2.75) is 90.0 Å². The maximum Gasteiger partial charge on any atom is 0.325 e. The number of esters is 1. The quantitative estimate of drug-likeness (QED) is 0.613. The van der Waals surface area contributed by atoms with Crippen molar-refractivity contribution in [1.29, 1.82) is 0 Å². The molecule has 0 aliphatic heterocycles. The molecule has 5 aliphatic rings. The van der Waals surface area contributed by atoms with Crippen molar-refractivity contribution in [2.75, 3.05) is 19.7 Å². The van der Waals surface area contributed by atoms with Crippen LogP contribution in [-0.4, -0.2) is 48.4 Å². The van der Waals surface area contributed by atoms with E-state index in [1.165, 1.54) is 44.9 Å². The molecule has 168 valence electrons. The maximum absolute atomic E-state index is 12.5. The molecule has 5 rings (SSSR count). The molecule has 5 fully saturated rings. The molecular formula is C24H38N2O4. The van der Waals surface area contributed by atoms with Gasteiger partial charge in [0.15, 0.2) is 6.61 Å². The number of likely N-dealkylation sites (N-methyl/N-ethyl adjacent to an activating group) is 1. The highest BCUT2D eigenvalue weighted by atomic mass is 16.5. The van der Waals surface area contributed by atoms with Gasteiger partial charge in [-0.1, -0.05) is 19.3 Å². The van der Waals surface area contributed by atoms with Crippen molar-refractivity contribution in [1.82, 2.24) is 10.2 Å². The zero-order valence-electron chi connectivity index (χ0n) is 18.5. The van der Waals surface area contributed by atoms with E-state index in [4.69, 9.17) is 4.74 Å². The first kappa shape index (κ1) is 21.6. The van der Waals surface area contributed by atoms with E-state index in [2.05, 4.69) is 5.32 Å². The maximum atomic E-state index is 12.5. The Hall–Kier alpha value is -1.59. The molecule has 5 saturated carbocycles. The smallest absolute Gasteiger partial charge is 0.325 e. The molecule has 6 heteroatoms. The van der Waals surface area contributed by atoms with Crippen LogP contribution in [0.4, 0.5) is 0 Å². The van der Waals surface area contributed by atoms with E-state index in [-0.39, 0.29) is 36.4 Å². The topological polar surface area (TPSA) is 75.7 Å². The van der Waals surface area contributed by atoms with Crippen LogP contribution in [0, 0.1) is 23.2 Å². The van der Waals surface area contributed by atoms with Crippen LogP contribution in [0.1, 0.15) is 84.0 Å². The monoisotopic (exact) mass is 418 g/mol. The fourth-order valence-corrected chi connectivity index (χ4v) is 7.39. The molecule has 4 bridgehead atoms. The van der Waals surface area contributed by atoms with Crippen LogP contribution in [0.25, 0.3) is 0 Å². The van der Waals surface area contributed by atoms with E-state index in [9.17, 15) is 14.4 Å². The first-order valence-electron chi connectivity index (χ1n) is 12.2. The summed E-state index contributed by atoms with van der Waals surface area (Å²) in [6, 6.07) is 0.273. The average Bonchev–Trinajstić information content (AvgIpc) is 2.71. The Balaban J connectivity index is 1.17. The van der Waals surface area contributed by atoms with Crippen LogP contribution in [0.3, 0.4) is 0 Å². The molecule has 5 aliphatic carbocycles. The number of nitrogens with zero attached hydrogens (tertiary/aromatic N) is 1. The van der Waals surface area contributed by atoms with E-state index in [0.29, 0.717) is 13.0 Å². The van der Waals surface area contributed by atoms with Gasteiger partial charge >= 0.3 is 5.97 Å². The van der Waals surface area contributed by atoms with Crippen LogP contribution in [0.2, 0.25) is 0 Å². The number of rotatable bonds is 8. The van der Waals surface area contributed by atoms with Gasteiger partial charge in [0, 0.05) is 19.0 Å². The fourth-order valence-electron chi connectivity index (χ4n) is 7.39. The summed E-state index contributed by atoms with van der Waals surface area (Å²) in [5.74, 6) is 1.74. The van der Waals surface area contributed by atoms with E-state index < -0.39 is 5.97 Å². The lowest BCUT2D eigenvalue weighted by Gasteiger charge is -2.56. The van der Waals surface area contributed by atoms with E-state index in [1.807, 2.05) is 11.8 Å². The summed E-state index contributed by atoms with van der Waals surface area (Å²) < 4.78 is 5.18. The molecular weight excluding hydrogens is 380 g/mol. The first-order valence-corrected chi connectivity index (χ1v) is 12.2. The van der Waals surface area contributed by atoms with Gasteiger partial charge in [0.25, 0.3) is 5.91 Å². The molecule has 0 heterocycles. The van der Waals surface area contributed by atoms with Crippen molar-refractivity contribution >= 4 is 17.8 Å². The number of ether oxygens (including phenoxy) is 1. The third kappa shape index (κ3) is 5.00. The number of hydrogen-bond donors (Lipinski definition) is 1. The van der Waals surface area contributed by atoms with Crippen molar-refractivity contribution in [3.63, 3.8) is 0 Å². The Morgan fingerprint density at radius 3 is 2.13 bits per heavy atom. The lowest BCUT2D eigenvalue weighted by atomic mass is 9.49. The highest BCUT2D eigenvalue weighted by Crippen LogP contribution is 2.61. The Morgan fingerprint density at radius 2 is 1.57 bits per heavy atom. The molecule has 0 aromatic heterocycles. The number of carbonyl (C=O) groups excluding carboxylic acids is 3. The summed E-state index contributed by atoms with van der Waals surface area (Å²) in [6.45, 7) is 2.24. The summed E-state index contributed by atoms with van der Waals surface area (Å²) in [5.41, 5.74) is 0.167. The molecule has 0 spiro atoms. The van der Waals surface area contributed by atoms with E-state index >= 15 is 0 Å². The molecule has 0 aromatic carbocycles. The predicted molar refractivity (Wildman–Crippen MR) is 113 cm³/mol. The van der Waals surface area contributed by atoms with Gasteiger partial charge in [-0.3, -0.25) is 14.4 Å². The SMILES string of the molecule is CCN(C(=O)COC(=O)CNC(=O)CC12CC3CC(CC(C3)C1)C2)C1CCCCC1. The van der Waals surface area contributed by atoms with Crippen LogP contribution in [-0.2, 0) is 19.1 Å². The Labute approximate surface area is 180 Å². The molecule has 30 heavy (non-hydrogen) atoms. The van der Waals surface area contributed by atoms with Crippen LogP contribution < -0.4 is 5.32 Å². The number of amides is 2. The minimum atomic E-state index is -0.526. The van der Waals surface area contributed by atoms with E-state index in [0.717, 1.165) is 43.4 Å².